The average molecular weight is 430 g/mol. The molecule has 1 aromatic heterocycles. The molecule has 0 radical (unpaired) electrons. The van der Waals surface area contributed by atoms with Crippen LogP contribution in [0.25, 0.3) is 11.3 Å². The normalized spacial score (nSPS) is 16.6. The van der Waals surface area contributed by atoms with Gasteiger partial charge in [-0.15, -0.1) is 0 Å². The highest BCUT2D eigenvalue weighted by Crippen LogP contribution is 2.19. The number of nitrogens with zero attached hydrogens (tertiary/aromatic N) is 1. The SMILES string of the molecule is Cc1cccc(-c2ccc(C(=O)NCc3ccc(CN4CCCC(C)C4)cc3)c(=O)[nH]2)c1. The molecule has 5 heteroatoms. The molecule has 32 heavy (non-hydrogen) atoms. The van der Waals surface area contributed by atoms with E-state index >= 15 is 0 Å². The minimum absolute atomic E-state index is 0.122. The predicted octanol–water partition coefficient (Wildman–Crippen LogP) is 4.51. The van der Waals surface area contributed by atoms with Crippen LogP contribution in [0.2, 0.25) is 0 Å². The zero-order chi connectivity index (χ0) is 22.5. The van der Waals surface area contributed by atoms with Gasteiger partial charge >= 0.3 is 0 Å². The van der Waals surface area contributed by atoms with Gasteiger partial charge < -0.3 is 10.3 Å². The number of hydrogen-bond acceptors (Lipinski definition) is 3. The number of aryl methyl sites for hydroxylation is 1. The van der Waals surface area contributed by atoms with E-state index in [0.717, 1.165) is 35.7 Å². The largest absolute Gasteiger partial charge is 0.348 e. The molecule has 1 aliphatic heterocycles. The number of likely N-dealkylation sites (tertiary alicyclic amines) is 1. The number of carbonyl (C=O) groups is 1. The van der Waals surface area contributed by atoms with Crippen molar-refractivity contribution >= 4 is 5.91 Å². The maximum Gasteiger partial charge on any atom is 0.261 e. The fraction of sp³-hybridized carbons (Fsp3) is 0.333. The van der Waals surface area contributed by atoms with E-state index in [1.165, 1.54) is 24.9 Å². The quantitative estimate of drug-likeness (QED) is 0.606. The highest BCUT2D eigenvalue weighted by atomic mass is 16.2. The Kier molecular flexibility index (Phi) is 6.86. The molecule has 1 aliphatic rings. The molecule has 5 nitrogen and oxygen atoms in total. The number of aromatic nitrogens is 1. The van der Waals surface area contributed by atoms with Gasteiger partial charge in [0.15, 0.2) is 0 Å². The molecular formula is C27H31N3O2. The van der Waals surface area contributed by atoms with Crippen LogP contribution in [0.5, 0.6) is 0 Å². The number of benzene rings is 2. The third-order valence-electron chi connectivity index (χ3n) is 6.11. The minimum Gasteiger partial charge on any atom is -0.348 e. The molecule has 0 aliphatic carbocycles. The van der Waals surface area contributed by atoms with Crippen LogP contribution in [-0.4, -0.2) is 28.9 Å². The summed E-state index contributed by atoms with van der Waals surface area (Å²) in [6.45, 7) is 8.01. The molecule has 1 fully saturated rings. The van der Waals surface area contributed by atoms with Gasteiger partial charge in [-0.1, -0.05) is 55.0 Å². The monoisotopic (exact) mass is 429 g/mol. The first-order valence-electron chi connectivity index (χ1n) is 11.4. The minimum atomic E-state index is -0.382. The summed E-state index contributed by atoms with van der Waals surface area (Å²) in [5, 5.41) is 2.86. The molecule has 0 spiro atoms. The van der Waals surface area contributed by atoms with E-state index in [2.05, 4.69) is 34.3 Å². The lowest BCUT2D eigenvalue weighted by atomic mass is 9.99. The predicted molar refractivity (Wildman–Crippen MR) is 129 cm³/mol. The van der Waals surface area contributed by atoms with Crippen LogP contribution >= 0.6 is 0 Å². The molecule has 1 atom stereocenters. The van der Waals surface area contributed by atoms with Crippen molar-refractivity contribution in [2.24, 2.45) is 5.92 Å². The van der Waals surface area contributed by atoms with E-state index in [-0.39, 0.29) is 17.0 Å². The Balaban J connectivity index is 1.34. The number of piperidine rings is 1. The van der Waals surface area contributed by atoms with E-state index in [4.69, 9.17) is 0 Å². The van der Waals surface area contributed by atoms with Gasteiger partial charge in [0.25, 0.3) is 11.5 Å². The number of carbonyl (C=O) groups excluding carboxylic acids is 1. The van der Waals surface area contributed by atoms with Crippen molar-refractivity contribution in [3.05, 3.63) is 93.3 Å². The van der Waals surface area contributed by atoms with E-state index in [1.54, 1.807) is 12.1 Å². The lowest BCUT2D eigenvalue weighted by molar-refractivity contribution is 0.0949. The summed E-state index contributed by atoms with van der Waals surface area (Å²) in [4.78, 5) is 30.4. The molecule has 1 amide bonds. The number of H-pyrrole nitrogens is 1. The highest BCUT2D eigenvalue weighted by Gasteiger charge is 2.16. The summed E-state index contributed by atoms with van der Waals surface area (Å²) < 4.78 is 0. The first-order valence-corrected chi connectivity index (χ1v) is 11.4. The van der Waals surface area contributed by atoms with Crippen LogP contribution in [-0.2, 0) is 13.1 Å². The molecule has 1 unspecified atom stereocenters. The molecule has 2 N–H and O–H groups in total. The maximum absolute atomic E-state index is 12.6. The van der Waals surface area contributed by atoms with Gasteiger partial charge in [-0.05, 0) is 67.1 Å². The smallest absolute Gasteiger partial charge is 0.261 e. The summed E-state index contributed by atoms with van der Waals surface area (Å²) in [7, 11) is 0. The van der Waals surface area contributed by atoms with Crippen LogP contribution in [0.4, 0.5) is 0 Å². The summed E-state index contributed by atoms with van der Waals surface area (Å²) >= 11 is 0. The average Bonchev–Trinajstić information content (AvgIpc) is 2.78. The summed E-state index contributed by atoms with van der Waals surface area (Å²) in [6, 6.07) is 19.6. The topological polar surface area (TPSA) is 65.2 Å². The summed E-state index contributed by atoms with van der Waals surface area (Å²) in [6.07, 6.45) is 2.60. The molecule has 166 valence electrons. The van der Waals surface area contributed by atoms with Gasteiger partial charge in [-0.2, -0.15) is 0 Å². The van der Waals surface area contributed by atoms with E-state index in [9.17, 15) is 9.59 Å². The Bertz CT molecular complexity index is 1130. The Hall–Kier alpha value is -3.18. The number of aromatic amines is 1. The summed E-state index contributed by atoms with van der Waals surface area (Å²) in [5.74, 6) is 0.403. The van der Waals surface area contributed by atoms with E-state index in [0.29, 0.717) is 12.2 Å². The second kappa shape index (κ2) is 9.96. The zero-order valence-corrected chi connectivity index (χ0v) is 18.9. The number of amides is 1. The summed E-state index contributed by atoms with van der Waals surface area (Å²) in [5.41, 5.74) is 4.79. The van der Waals surface area contributed by atoms with Gasteiger partial charge in [0.1, 0.15) is 5.56 Å². The Labute approximate surface area is 189 Å². The van der Waals surface area contributed by atoms with Crippen LogP contribution in [0.15, 0.2) is 65.5 Å². The van der Waals surface area contributed by atoms with Crippen LogP contribution < -0.4 is 10.9 Å². The molecule has 0 saturated carbocycles. The second-order valence-electron chi connectivity index (χ2n) is 8.97. The van der Waals surface area contributed by atoms with Crippen molar-refractivity contribution in [3.63, 3.8) is 0 Å². The number of pyridine rings is 1. The molecule has 2 heterocycles. The van der Waals surface area contributed by atoms with Gasteiger partial charge in [0.05, 0.1) is 0 Å². The van der Waals surface area contributed by atoms with Crippen LogP contribution in [0.3, 0.4) is 0 Å². The maximum atomic E-state index is 12.6. The van der Waals surface area contributed by atoms with Crippen molar-refractivity contribution in [1.82, 2.24) is 15.2 Å². The standard InChI is InChI=1S/C27H31N3O2/c1-19-5-3-7-23(15-19)25-13-12-24(27(32)29-25)26(31)28-16-21-8-10-22(11-9-21)18-30-14-4-6-20(2)17-30/h3,5,7-13,15,20H,4,6,14,16-18H2,1-2H3,(H,28,31)(H,29,32). The van der Waals surface area contributed by atoms with Crippen molar-refractivity contribution in [2.45, 2.75) is 39.8 Å². The van der Waals surface area contributed by atoms with E-state index in [1.807, 2.05) is 43.3 Å². The van der Waals surface area contributed by atoms with E-state index < -0.39 is 0 Å². The lowest BCUT2D eigenvalue weighted by Gasteiger charge is -2.30. The van der Waals surface area contributed by atoms with Crippen molar-refractivity contribution in [2.75, 3.05) is 13.1 Å². The molecule has 2 aromatic carbocycles. The zero-order valence-electron chi connectivity index (χ0n) is 18.9. The third kappa shape index (κ3) is 5.54. The molecule has 0 bridgehead atoms. The van der Waals surface area contributed by atoms with Crippen molar-refractivity contribution in [1.29, 1.82) is 0 Å². The molecule has 1 saturated heterocycles. The Morgan fingerprint density at radius 1 is 1.09 bits per heavy atom. The highest BCUT2D eigenvalue weighted by molar-refractivity contribution is 5.94. The van der Waals surface area contributed by atoms with Gasteiger partial charge in [0, 0.05) is 25.3 Å². The Morgan fingerprint density at radius 3 is 2.59 bits per heavy atom. The number of nitrogens with one attached hydrogen (secondary N) is 2. The first-order chi connectivity index (χ1) is 15.5. The fourth-order valence-electron chi connectivity index (χ4n) is 4.36. The number of hydrogen-bond donors (Lipinski definition) is 2. The molecule has 4 rings (SSSR count). The van der Waals surface area contributed by atoms with Gasteiger partial charge in [0.2, 0.25) is 0 Å². The third-order valence-corrected chi connectivity index (χ3v) is 6.11. The molecule has 3 aromatic rings. The second-order valence-corrected chi connectivity index (χ2v) is 8.97. The van der Waals surface area contributed by atoms with Gasteiger partial charge in [-0.3, -0.25) is 14.5 Å². The van der Waals surface area contributed by atoms with Crippen LogP contribution in [0.1, 0.15) is 46.8 Å². The van der Waals surface area contributed by atoms with Crippen molar-refractivity contribution < 1.29 is 4.79 Å². The number of rotatable bonds is 6. The van der Waals surface area contributed by atoms with Gasteiger partial charge in [-0.25, -0.2) is 0 Å². The first kappa shape index (κ1) is 22.0. The van der Waals surface area contributed by atoms with Crippen LogP contribution in [0, 0.1) is 12.8 Å². The lowest BCUT2D eigenvalue weighted by Crippen LogP contribution is -2.33. The fourth-order valence-corrected chi connectivity index (χ4v) is 4.36. The van der Waals surface area contributed by atoms with Crippen molar-refractivity contribution in [3.8, 4) is 11.3 Å². The Morgan fingerprint density at radius 2 is 1.88 bits per heavy atom. The molecular weight excluding hydrogens is 398 g/mol.